The van der Waals surface area contributed by atoms with Crippen molar-refractivity contribution in [3.8, 4) is 0 Å². The van der Waals surface area contributed by atoms with Crippen LogP contribution in [0.5, 0.6) is 0 Å². The van der Waals surface area contributed by atoms with Crippen LogP contribution in [-0.4, -0.2) is 26.2 Å². The van der Waals surface area contributed by atoms with Crippen molar-refractivity contribution in [3.05, 3.63) is 23.8 Å². The third-order valence-corrected chi connectivity index (χ3v) is 4.24. The van der Waals surface area contributed by atoms with Gasteiger partial charge in [-0.05, 0) is 12.3 Å². The van der Waals surface area contributed by atoms with Crippen molar-refractivity contribution in [2.75, 3.05) is 14.2 Å². The topological polar surface area (TPSA) is 52.6 Å². The Labute approximate surface area is 113 Å². The highest BCUT2D eigenvalue weighted by molar-refractivity contribution is 6.03. The molecular weight excluding hydrogens is 244 g/mol. The number of rotatable bonds is 3. The van der Waals surface area contributed by atoms with Gasteiger partial charge in [-0.15, -0.1) is 0 Å². The van der Waals surface area contributed by atoms with E-state index in [-0.39, 0.29) is 17.8 Å². The van der Waals surface area contributed by atoms with E-state index in [4.69, 9.17) is 9.47 Å². The van der Waals surface area contributed by atoms with Crippen LogP contribution in [0, 0.1) is 23.2 Å². The second-order valence-electron chi connectivity index (χ2n) is 5.45. The Morgan fingerprint density at radius 3 is 2.32 bits per heavy atom. The minimum Gasteiger partial charge on any atom is -0.468 e. The molecule has 0 radical (unpaired) electrons. The smallest absolute Gasteiger partial charge is 0.327 e. The monoisotopic (exact) mass is 264 g/mol. The largest absolute Gasteiger partial charge is 0.468 e. The van der Waals surface area contributed by atoms with E-state index in [1.807, 2.05) is 6.08 Å². The molecule has 0 amide bonds. The molecule has 2 atom stereocenters. The lowest BCUT2D eigenvalue weighted by atomic mass is 9.75. The lowest BCUT2D eigenvalue weighted by molar-refractivity contribution is -0.168. The van der Waals surface area contributed by atoms with E-state index in [2.05, 4.69) is 19.9 Å². The number of ether oxygens (including phenoxy) is 2. The van der Waals surface area contributed by atoms with E-state index >= 15 is 0 Å². The fourth-order valence-corrected chi connectivity index (χ4v) is 3.32. The van der Waals surface area contributed by atoms with Crippen LogP contribution in [0.4, 0.5) is 0 Å². The van der Waals surface area contributed by atoms with Crippen LogP contribution >= 0.6 is 0 Å². The maximum atomic E-state index is 12.3. The first-order valence-electron chi connectivity index (χ1n) is 6.55. The maximum absolute atomic E-state index is 12.3. The fraction of sp³-hybridized carbons (Fsp3) is 0.600. The summed E-state index contributed by atoms with van der Waals surface area (Å²) in [5.41, 5.74) is -0.161. The van der Waals surface area contributed by atoms with Crippen LogP contribution in [0.15, 0.2) is 23.8 Å². The van der Waals surface area contributed by atoms with Crippen LogP contribution in [0.25, 0.3) is 0 Å². The van der Waals surface area contributed by atoms with Crippen molar-refractivity contribution >= 4 is 11.9 Å². The molecule has 2 aliphatic rings. The van der Waals surface area contributed by atoms with Gasteiger partial charge in [-0.25, -0.2) is 0 Å². The molecule has 0 fully saturated rings. The quantitative estimate of drug-likeness (QED) is 0.445. The van der Waals surface area contributed by atoms with Crippen LogP contribution in [0.1, 0.15) is 20.3 Å². The van der Waals surface area contributed by atoms with Crippen LogP contribution in [0.2, 0.25) is 0 Å². The van der Waals surface area contributed by atoms with Gasteiger partial charge >= 0.3 is 11.9 Å². The van der Waals surface area contributed by atoms with E-state index in [1.165, 1.54) is 14.2 Å². The molecule has 0 spiro atoms. The normalized spacial score (nSPS) is 27.1. The molecule has 2 aliphatic carbocycles. The second kappa shape index (κ2) is 4.83. The summed E-state index contributed by atoms with van der Waals surface area (Å²) in [5, 5.41) is 0. The van der Waals surface area contributed by atoms with Gasteiger partial charge in [0.05, 0.1) is 14.2 Å². The summed E-state index contributed by atoms with van der Waals surface area (Å²) < 4.78 is 9.77. The Balaban J connectivity index is 2.55. The van der Waals surface area contributed by atoms with Crippen molar-refractivity contribution in [1.82, 2.24) is 0 Å². The molecule has 4 heteroatoms. The summed E-state index contributed by atoms with van der Waals surface area (Å²) in [6.07, 6.45) is 6.60. The zero-order chi connectivity index (χ0) is 14.2. The highest BCUT2D eigenvalue weighted by Crippen LogP contribution is 2.54. The van der Waals surface area contributed by atoms with Gasteiger partial charge in [-0.3, -0.25) is 9.59 Å². The molecule has 0 unspecified atom stereocenters. The zero-order valence-electron chi connectivity index (χ0n) is 11.8. The SMILES string of the molecule is COC(=O)C1(C(=O)OC)C=C(C(C)C)[C@H]2C=CC[C@H]21. The van der Waals surface area contributed by atoms with Gasteiger partial charge in [0.25, 0.3) is 0 Å². The first kappa shape index (κ1) is 13.8. The first-order valence-corrected chi connectivity index (χ1v) is 6.55. The van der Waals surface area contributed by atoms with E-state index in [1.54, 1.807) is 6.08 Å². The summed E-state index contributed by atoms with van der Waals surface area (Å²) >= 11 is 0. The Kier molecular flexibility index (Phi) is 3.52. The van der Waals surface area contributed by atoms with Gasteiger partial charge in [0.15, 0.2) is 5.41 Å². The summed E-state index contributed by atoms with van der Waals surface area (Å²) in [6, 6.07) is 0. The standard InChI is InChI=1S/C15H20O4/c1-9(2)11-8-15(13(16)18-3,14(17)19-4)12-7-5-6-10(11)12/h5-6,8-10,12H,7H2,1-4H3/t10-,12-/m1/s1. The van der Waals surface area contributed by atoms with Crippen molar-refractivity contribution < 1.29 is 19.1 Å². The van der Waals surface area contributed by atoms with Crippen molar-refractivity contribution in [2.45, 2.75) is 20.3 Å². The third kappa shape index (κ3) is 1.81. The van der Waals surface area contributed by atoms with E-state index in [0.29, 0.717) is 6.42 Å². The number of fused-ring (bicyclic) bond motifs is 1. The molecule has 0 bridgehead atoms. The molecule has 0 aliphatic heterocycles. The maximum Gasteiger partial charge on any atom is 0.327 e. The molecule has 0 N–H and O–H groups in total. The Morgan fingerprint density at radius 1 is 1.26 bits per heavy atom. The summed E-state index contributed by atoms with van der Waals surface area (Å²) in [5.74, 6) is -0.725. The average molecular weight is 264 g/mol. The van der Waals surface area contributed by atoms with Gasteiger partial charge in [-0.1, -0.05) is 37.6 Å². The van der Waals surface area contributed by atoms with Crippen molar-refractivity contribution in [2.24, 2.45) is 23.2 Å². The number of carbonyl (C=O) groups excluding carboxylic acids is 2. The predicted molar refractivity (Wildman–Crippen MR) is 70.1 cm³/mol. The van der Waals surface area contributed by atoms with Gasteiger partial charge < -0.3 is 9.47 Å². The number of esters is 2. The van der Waals surface area contributed by atoms with E-state index in [9.17, 15) is 9.59 Å². The molecular formula is C15H20O4. The summed E-state index contributed by atoms with van der Waals surface area (Å²) in [4.78, 5) is 24.5. The van der Waals surface area contributed by atoms with Gasteiger partial charge in [-0.2, -0.15) is 0 Å². The predicted octanol–water partition coefficient (Wildman–Crippen LogP) is 2.11. The Hall–Kier alpha value is -1.58. The molecule has 2 rings (SSSR count). The molecule has 0 saturated heterocycles. The highest BCUT2D eigenvalue weighted by Gasteiger charge is 2.60. The highest BCUT2D eigenvalue weighted by atomic mass is 16.5. The molecule has 4 nitrogen and oxygen atoms in total. The molecule has 0 saturated carbocycles. The summed E-state index contributed by atoms with van der Waals surface area (Å²) in [6.45, 7) is 4.14. The number of carbonyl (C=O) groups is 2. The fourth-order valence-electron chi connectivity index (χ4n) is 3.32. The number of hydrogen-bond donors (Lipinski definition) is 0. The number of allylic oxidation sites excluding steroid dienone is 3. The molecule has 104 valence electrons. The van der Waals surface area contributed by atoms with E-state index < -0.39 is 17.4 Å². The molecule has 0 aromatic rings. The molecule has 0 aromatic heterocycles. The summed E-state index contributed by atoms with van der Waals surface area (Å²) in [7, 11) is 2.62. The minimum absolute atomic E-state index is 0.107. The first-order chi connectivity index (χ1) is 8.98. The average Bonchev–Trinajstić information content (AvgIpc) is 2.97. The molecule has 0 aromatic carbocycles. The second-order valence-corrected chi connectivity index (χ2v) is 5.45. The minimum atomic E-state index is -1.28. The van der Waals surface area contributed by atoms with Gasteiger partial charge in [0.2, 0.25) is 0 Å². The Morgan fingerprint density at radius 2 is 1.84 bits per heavy atom. The van der Waals surface area contributed by atoms with Crippen LogP contribution < -0.4 is 0 Å². The van der Waals surface area contributed by atoms with Crippen LogP contribution in [-0.2, 0) is 19.1 Å². The van der Waals surface area contributed by atoms with Gasteiger partial charge in [0.1, 0.15) is 0 Å². The molecule has 0 heterocycles. The lowest BCUT2D eigenvalue weighted by Crippen LogP contribution is -2.44. The number of hydrogen-bond acceptors (Lipinski definition) is 4. The number of methoxy groups -OCH3 is 2. The van der Waals surface area contributed by atoms with Crippen LogP contribution in [0.3, 0.4) is 0 Å². The van der Waals surface area contributed by atoms with E-state index in [0.717, 1.165) is 5.57 Å². The van der Waals surface area contributed by atoms with Gasteiger partial charge in [0, 0.05) is 11.8 Å². The van der Waals surface area contributed by atoms with Crippen molar-refractivity contribution in [3.63, 3.8) is 0 Å². The Bertz CT molecular complexity index is 443. The van der Waals surface area contributed by atoms with Crippen molar-refractivity contribution in [1.29, 1.82) is 0 Å². The lowest BCUT2D eigenvalue weighted by Gasteiger charge is -2.29. The third-order valence-electron chi connectivity index (χ3n) is 4.24. The zero-order valence-corrected chi connectivity index (χ0v) is 11.8. The molecule has 19 heavy (non-hydrogen) atoms.